The lowest BCUT2D eigenvalue weighted by atomic mass is 10.1. The van der Waals surface area contributed by atoms with Gasteiger partial charge in [0.25, 0.3) is 0 Å². The van der Waals surface area contributed by atoms with E-state index in [4.69, 9.17) is 0 Å². The maximum atomic E-state index is 10.1. The molecule has 2 fully saturated rings. The van der Waals surface area contributed by atoms with Crippen molar-refractivity contribution >= 4 is 0 Å². The Morgan fingerprint density at radius 2 is 2.06 bits per heavy atom. The first kappa shape index (κ1) is 11.2. The summed E-state index contributed by atoms with van der Waals surface area (Å²) in [7, 11) is 0. The maximum Gasteiger partial charge on any atom is 0.0802 e. The summed E-state index contributed by atoms with van der Waals surface area (Å²) >= 11 is 0. The second-order valence-corrected chi connectivity index (χ2v) is 5.54. The molecule has 1 N–H and O–H groups in total. The summed E-state index contributed by atoms with van der Waals surface area (Å²) in [5, 5.41) is 10.1. The first-order chi connectivity index (χ1) is 8.33. The van der Waals surface area contributed by atoms with Crippen LogP contribution < -0.4 is 0 Å². The molecule has 1 aromatic carbocycles. The van der Waals surface area contributed by atoms with Crippen LogP contribution in [-0.4, -0.2) is 29.1 Å². The summed E-state index contributed by atoms with van der Waals surface area (Å²) in [6, 6.07) is 10.8. The number of aliphatic hydroxyl groups excluding tert-OH is 1. The van der Waals surface area contributed by atoms with E-state index in [0.29, 0.717) is 0 Å². The minimum atomic E-state index is -0.296. The zero-order valence-corrected chi connectivity index (χ0v) is 10.3. The summed E-state index contributed by atoms with van der Waals surface area (Å²) in [6.07, 6.45) is 4.79. The van der Waals surface area contributed by atoms with Gasteiger partial charge in [0, 0.05) is 19.1 Å². The van der Waals surface area contributed by atoms with Crippen molar-refractivity contribution in [2.45, 2.75) is 37.8 Å². The Hall–Kier alpha value is -0.860. The third-order valence-corrected chi connectivity index (χ3v) is 4.40. The standard InChI is InChI=1S/C15H21NO/c17-15(13-4-2-1-3-5-13)8-9-16-11-12-6-7-14(16)10-12/h1-5,12,14-15,17H,6-11H2. The number of piperidine rings is 1. The van der Waals surface area contributed by atoms with Crippen molar-refractivity contribution in [3.63, 3.8) is 0 Å². The van der Waals surface area contributed by atoms with E-state index >= 15 is 0 Å². The highest BCUT2D eigenvalue weighted by Gasteiger charge is 2.37. The second kappa shape index (κ2) is 4.79. The average molecular weight is 231 g/mol. The Kier molecular flexibility index (Phi) is 3.17. The molecule has 1 aliphatic heterocycles. The van der Waals surface area contributed by atoms with Gasteiger partial charge in [0.05, 0.1) is 6.10 Å². The fourth-order valence-electron chi connectivity index (χ4n) is 3.43. The smallest absolute Gasteiger partial charge is 0.0802 e. The molecule has 2 heteroatoms. The molecule has 3 unspecified atom stereocenters. The second-order valence-electron chi connectivity index (χ2n) is 5.54. The van der Waals surface area contributed by atoms with Gasteiger partial charge in [0.15, 0.2) is 0 Å². The Bertz CT molecular complexity index is 364. The van der Waals surface area contributed by atoms with Crippen LogP contribution >= 0.6 is 0 Å². The van der Waals surface area contributed by atoms with Crippen LogP contribution in [0.2, 0.25) is 0 Å². The molecule has 0 amide bonds. The topological polar surface area (TPSA) is 23.5 Å². The zero-order valence-electron chi connectivity index (χ0n) is 10.3. The number of hydrogen-bond acceptors (Lipinski definition) is 2. The summed E-state index contributed by atoms with van der Waals surface area (Å²) in [5.74, 6) is 0.953. The third kappa shape index (κ3) is 2.38. The quantitative estimate of drug-likeness (QED) is 0.861. The van der Waals surface area contributed by atoms with Crippen LogP contribution in [-0.2, 0) is 0 Å². The summed E-state index contributed by atoms with van der Waals surface area (Å²) in [6.45, 7) is 2.32. The van der Waals surface area contributed by atoms with Crippen LogP contribution in [0.15, 0.2) is 30.3 Å². The van der Waals surface area contributed by atoms with Crippen LogP contribution in [0.5, 0.6) is 0 Å². The fourth-order valence-corrected chi connectivity index (χ4v) is 3.43. The Morgan fingerprint density at radius 1 is 1.24 bits per heavy atom. The first-order valence-corrected chi connectivity index (χ1v) is 6.80. The third-order valence-electron chi connectivity index (χ3n) is 4.40. The van der Waals surface area contributed by atoms with Crippen LogP contribution in [0, 0.1) is 5.92 Å². The molecule has 92 valence electrons. The monoisotopic (exact) mass is 231 g/mol. The molecule has 0 spiro atoms. The highest BCUT2D eigenvalue weighted by Crippen LogP contribution is 2.37. The molecule has 0 radical (unpaired) electrons. The minimum Gasteiger partial charge on any atom is -0.388 e. The van der Waals surface area contributed by atoms with Gasteiger partial charge in [-0.05, 0) is 37.2 Å². The summed E-state index contributed by atoms with van der Waals surface area (Å²) in [5.41, 5.74) is 1.05. The van der Waals surface area contributed by atoms with Crippen molar-refractivity contribution in [2.24, 2.45) is 5.92 Å². The number of benzene rings is 1. The maximum absolute atomic E-state index is 10.1. The van der Waals surface area contributed by atoms with Crippen LogP contribution in [0.25, 0.3) is 0 Å². The van der Waals surface area contributed by atoms with Crippen molar-refractivity contribution in [1.82, 2.24) is 4.90 Å². The Balaban J connectivity index is 1.51. The minimum absolute atomic E-state index is 0.296. The first-order valence-electron chi connectivity index (χ1n) is 6.80. The highest BCUT2D eigenvalue weighted by molar-refractivity contribution is 5.17. The lowest BCUT2D eigenvalue weighted by Gasteiger charge is -2.27. The van der Waals surface area contributed by atoms with Gasteiger partial charge in [0.1, 0.15) is 0 Å². The molecule has 1 saturated carbocycles. The van der Waals surface area contributed by atoms with Gasteiger partial charge in [-0.25, -0.2) is 0 Å². The summed E-state index contributed by atoms with van der Waals surface area (Å²) < 4.78 is 0. The molecule has 1 aliphatic carbocycles. The molecule has 1 aromatic rings. The van der Waals surface area contributed by atoms with Gasteiger partial charge in [-0.15, -0.1) is 0 Å². The van der Waals surface area contributed by atoms with Crippen LogP contribution in [0.4, 0.5) is 0 Å². The number of fused-ring (bicyclic) bond motifs is 2. The van der Waals surface area contributed by atoms with Crippen molar-refractivity contribution in [2.75, 3.05) is 13.1 Å². The molecule has 0 aromatic heterocycles. The summed E-state index contributed by atoms with van der Waals surface area (Å²) in [4.78, 5) is 2.58. The molecule has 1 saturated heterocycles. The Labute approximate surface area is 103 Å². The van der Waals surface area contributed by atoms with Crippen molar-refractivity contribution in [3.8, 4) is 0 Å². The molecule has 2 aliphatic rings. The molecule has 2 bridgehead atoms. The van der Waals surface area contributed by atoms with Gasteiger partial charge < -0.3 is 5.11 Å². The molecule has 2 nitrogen and oxygen atoms in total. The van der Waals surface area contributed by atoms with E-state index in [1.165, 1.54) is 25.8 Å². The predicted octanol–water partition coefficient (Wildman–Crippen LogP) is 2.59. The number of hydrogen-bond donors (Lipinski definition) is 1. The van der Waals surface area contributed by atoms with Gasteiger partial charge in [0.2, 0.25) is 0 Å². The molecular weight excluding hydrogens is 210 g/mol. The van der Waals surface area contributed by atoms with E-state index in [9.17, 15) is 5.11 Å². The van der Waals surface area contributed by atoms with Crippen molar-refractivity contribution < 1.29 is 5.11 Å². The van der Waals surface area contributed by atoms with Crippen LogP contribution in [0.3, 0.4) is 0 Å². The van der Waals surface area contributed by atoms with Crippen molar-refractivity contribution in [3.05, 3.63) is 35.9 Å². The fraction of sp³-hybridized carbons (Fsp3) is 0.600. The van der Waals surface area contributed by atoms with E-state index in [0.717, 1.165) is 30.5 Å². The van der Waals surface area contributed by atoms with E-state index in [2.05, 4.69) is 4.90 Å². The van der Waals surface area contributed by atoms with Gasteiger partial charge >= 0.3 is 0 Å². The molecule has 3 rings (SSSR count). The molecule has 3 atom stereocenters. The normalized spacial score (nSPS) is 29.7. The lowest BCUT2D eigenvalue weighted by Crippen LogP contribution is -2.33. The highest BCUT2D eigenvalue weighted by atomic mass is 16.3. The van der Waals surface area contributed by atoms with Crippen molar-refractivity contribution in [1.29, 1.82) is 0 Å². The number of likely N-dealkylation sites (tertiary alicyclic amines) is 1. The SMILES string of the molecule is OC(CCN1CC2CCC1C2)c1ccccc1. The van der Waals surface area contributed by atoms with E-state index < -0.39 is 0 Å². The van der Waals surface area contributed by atoms with Gasteiger partial charge in [-0.3, -0.25) is 4.90 Å². The molecule has 1 heterocycles. The van der Waals surface area contributed by atoms with E-state index in [1.54, 1.807) is 0 Å². The zero-order chi connectivity index (χ0) is 11.7. The van der Waals surface area contributed by atoms with Gasteiger partial charge in [-0.1, -0.05) is 30.3 Å². The predicted molar refractivity (Wildman–Crippen MR) is 68.7 cm³/mol. The Morgan fingerprint density at radius 3 is 2.71 bits per heavy atom. The van der Waals surface area contributed by atoms with E-state index in [-0.39, 0.29) is 6.10 Å². The molecule has 17 heavy (non-hydrogen) atoms. The van der Waals surface area contributed by atoms with E-state index in [1.807, 2.05) is 30.3 Å². The lowest BCUT2D eigenvalue weighted by molar-refractivity contribution is 0.129. The van der Waals surface area contributed by atoms with Crippen LogP contribution in [0.1, 0.15) is 37.4 Å². The average Bonchev–Trinajstić information content (AvgIpc) is 2.99. The largest absolute Gasteiger partial charge is 0.388 e. The number of aliphatic hydroxyl groups is 1. The number of nitrogens with zero attached hydrogens (tertiary/aromatic N) is 1. The molecular formula is C15H21NO. The van der Waals surface area contributed by atoms with Gasteiger partial charge in [-0.2, -0.15) is 0 Å². The number of rotatable bonds is 4.